The van der Waals surface area contributed by atoms with Gasteiger partial charge in [0.2, 0.25) is 0 Å². The van der Waals surface area contributed by atoms with E-state index in [0.717, 1.165) is 32.3 Å². The summed E-state index contributed by atoms with van der Waals surface area (Å²) in [6.45, 7) is 2.60. The van der Waals surface area contributed by atoms with Crippen molar-refractivity contribution in [3.05, 3.63) is 0 Å². The summed E-state index contributed by atoms with van der Waals surface area (Å²) in [6.07, 6.45) is 13.0. The molecule has 122 valence electrons. The third-order valence-corrected chi connectivity index (χ3v) is 4.80. The van der Waals surface area contributed by atoms with Crippen LogP contribution in [-0.2, 0) is 9.53 Å². The molecule has 21 heavy (non-hydrogen) atoms. The van der Waals surface area contributed by atoms with Crippen molar-refractivity contribution >= 4 is 5.97 Å². The molecule has 0 saturated heterocycles. The van der Waals surface area contributed by atoms with Gasteiger partial charge >= 0.3 is 5.97 Å². The Bertz CT molecular complexity index is 322. The average molecular weight is 297 g/mol. The molecule has 0 aliphatic heterocycles. The van der Waals surface area contributed by atoms with Crippen LogP contribution in [0.4, 0.5) is 0 Å². The Morgan fingerprint density at radius 1 is 1.14 bits per heavy atom. The van der Waals surface area contributed by atoms with Crippen molar-refractivity contribution in [2.24, 2.45) is 0 Å². The van der Waals surface area contributed by atoms with E-state index in [9.17, 15) is 9.90 Å². The molecule has 1 atom stereocenters. The molecule has 0 spiro atoms. The molecule has 0 aromatic heterocycles. The molecule has 0 aromatic rings. The van der Waals surface area contributed by atoms with E-state index in [1.54, 1.807) is 0 Å². The fourth-order valence-corrected chi connectivity index (χ4v) is 3.16. The molecular weight excluding hydrogens is 266 g/mol. The minimum absolute atomic E-state index is 0.424. The number of hydrogen-bond acceptors (Lipinski definition) is 3. The molecule has 2 aliphatic rings. The summed E-state index contributed by atoms with van der Waals surface area (Å²) < 4.78 is 5.96. The number of aliphatic carboxylic acids is 1. The zero-order valence-corrected chi connectivity index (χ0v) is 13.4. The Labute approximate surface area is 128 Å². The summed E-state index contributed by atoms with van der Waals surface area (Å²) in [6, 6.07) is 0.424. The molecule has 2 N–H and O–H groups in total. The Morgan fingerprint density at radius 2 is 1.81 bits per heavy atom. The second-order valence-electron chi connectivity index (χ2n) is 7.00. The lowest BCUT2D eigenvalue weighted by Gasteiger charge is -2.26. The summed E-state index contributed by atoms with van der Waals surface area (Å²) >= 11 is 0. The van der Waals surface area contributed by atoms with Crippen molar-refractivity contribution in [2.75, 3.05) is 6.61 Å². The number of rotatable bonds is 9. The summed E-state index contributed by atoms with van der Waals surface area (Å²) in [4.78, 5) is 11.4. The van der Waals surface area contributed by atoms with E-state index < -0.39 is 11.5 Å². The third kappa shape index (κ3) is 5.95. The van der Waals surface area contributed by atoms with Crippen LogP contribution < -0.4 is 5.32 Å². The molecule has 2 saturated carbocycles. The van der Waals surface area contributed by atoms with E-state index in [4.69, 9.17) is 4.74 Å². The number of carboxylic acid groups (broad SMARTS) is 1. The van der Waals surface area contributed by atoms with Crippen LogP contribution in [0.25, 0.3) is 0 Å². The summed E-state index contributed by atoms with van der Waals surface area (Å²) in [5, 5.41) is 12.7. The van der Waals surface area contributed by atoms with Gasteiger partial charge in [-0.3, -0.25) is 10.1 Å². The molecular formula is C17H31NO3. The molecule has 0 radical (unpaired) electrons. The standard InChI is InChI=1S/C17H31NO3/c1-17(16(19)20,18-14-10-11-14)12-6-7-13-21-15-8-4-2-3-5-9-15/h14-15,18H,2-13H2,1H3,(H,19,20). The molecule has 0 bridgehead atoms. The third-order valence-electron chi connectivity index (χ3n) is 4.80. The van der Waals surface area contributed by atoms with Crippen LogP contribution in [-0.4, -0.2) is 35.4 Å². The van der Waals surface area contributed by atoms with Crippen molar-refractivity contribution < 1.29 is 14.6 Å². The van der Waals surface area contributed by atoms with Gasteiger partial charge in [-0.15, -0.1) is 0 Å². The largest absolute Gasteiger partial charge is 0.480 e. The number of hydrogen-bond donors (Lipinski definition) is 2. The summed E-state index contributed by atoms with van der Waals surface area (Å²) in [5.41, 5.74) is -0.760. The highest BCUT2D eigenvalue weighted by Crippen LogP contribution is 2.25. The molecule has 0 aromatic carbocycles. The minimum Gasteiger partial charge on any atom is -0.480 e. The lowest BCUT2D eigenvalue weighted by Crippen LogP contribution is -2.50. The summed E-state index contributed by atoms with van der Waals surface area (Å²) in [7, 11) is 0. The van der Waals surface area contributed by atoms with E-state index in [-0.39, 0.29) is 0 Å². The van der Waals surface area contributed by atoms with E-state index in [0.29, 0.717) is 18.6 Å². The van der Waals surface area contributed by atoms with Gasteiger partial charge in [-0.2, -0.15) is 0 Å². The number of carboxylic acids is 1. The zero-order valence-electron chi connectivity index (χ0n) is 13.4. The van der Waals surface area contributed by atoms with Gasteiger partial charge in [0.15, 0.2) is 0 Å². The normalized spacial score (nSPS) is 23.5. The maximum Gasteiger partial charge on any atom is 0.323 e. The van der Waals surface area contributed by atoms with Crippen molar-refractivity contribution in [3.8, 4) is 0 Å². The van der Waals surface area contributed by atoms with Crippen molar-refractivity contribution in [2.45, 2.75) is 95.2 Å². The molecule has 2 rings (SSSR count). The predicted molar refractivity (Wildman–Crippen MR) is 83.5 cm³/mol. The van der Waals surface area contributed by atoms with Gasteiger partial charge in [-0.1, -0.05) is 25.7 Å². The smallest absolute Gasteiger partial charge is 0.323 e. The van der Waals surface area contributed by atoms with Gasteiger partial charge in [0.05, 0.1) is 6.10 Å². The second-order valence-corrected chi connectivity index (χ2v) is 7.00. The first kappa shape index (κ1) is 16.8. The van der Waals surface area contributed by atoms with Gasteiger partial charge in [-0.05, 0) is 51.9 Å². The zero-order chi connectivity index (χ0) is 15.1. The first-order valence-electron chi connectivity index (χ1n) is 8.73. The number of nitrogens with one attached hydrogen (secondary N) is 1. The lowest BCUT2D eigenvalue weighted by atomic mass is 9.95. The van der Waals surface area contributed by atoms with Crippen LogP contribution in [0.3, 0.4) is 0 Å². The Hall–Kier alpha value is -0.610. The maximum absolute atomic E-state index is 11.4. The molecule has 0 amide bonds. The van der Waals surface area contributed by atoms with Gasteiger partial charge in [0, 0.05) is 12.6 Å². The second kappa shape index (κ2) is 8.14. The van der Waals surface area contributed by atoms with Gasteiger partial charge < -0.3 is 9.84 Å². The fraction of sp³-hybridized carbons (Fsp3) is 0.941. The SMILES string of the molecule is CC(CCCCOC1CCCCCC1)(NC1CC1)C(=O)O. The van der Waals surface area contributed by atoms with Crippen molar-refractivity contribution in [3.63, 3.8) is 0 Å². The molecule has 2 fully saturated rings. The highest BCUT2D eigenvalue weighted by Gasteiger charge is 2.37. The van der Waals surface area contributed by atoms with Crippen LogP contribution in [0.1, 0.15) is 77.6 Å². The molecule has 4 nitrogen and oxygen atoms in total. The van der Waals surface area contributed by atoms with Crippen LogP contribution >= 0.6 is 0 Å². The van der Waals surface area contributed by atoms with Gasteiger partial charge in [-0.25, -0.2) is 0 Å². The highest BCUT2D eigenvalue weighted by molar-refractivity contribution is 5.78. The minimum atomic E-state index is -0.760. The number of carbonyl (C=O) groups is 1. The quantitative estimate of drug-likeness (QED) is 0.505. The Balaban J connectivity index is 1.59. The van der Waals surface area contributed by atoms with E-state index in [2.05, 4.69) is 5.32 Å². The average Bonchev–Trinajstić information content (AvgIpc) is 3.25. The van der Waals surface area contributed by atoms with Gasteiger partial charge in [0.1, 0.15) is 5.54 Å². The number of unbranched alkanes of at least 4 members (excludes halogenated alkanes) is 1. The highest BCUT2D eigenvalue weighted by atomic mass is 16.5. The van der Waals surface area contributed by atoms with E-state index >= 15 is 0 Å². The first-order valence-corrected chi connectivity index (χ1v) is 8.73. The van der Waals surface area contributed by atoms with E-state index in [1.807, 2.05) is 6.92 Å². The van der Waals surface area contributed by atoms with Crippen molar-refractivity contribution in [1.82, 2.24) is 5.32 Å². The van der Waals surface area contributed by atoms with Gasteiger partial charge in [0.25, 0.3) is 0 Å². The molecule has 2 aliphatic carbocycles. The molecule has 0 heterocycles. The number of ether oxygens (including phenoxy) is 1. The monoisotopic (exact) mass is 297 g/mol. The predicted octanol–water partition coefficient (Wildman–Crippen LogP) is 3.49. The Kier molecular flexibility index (Phi) is 6.49. The summed E-state index contributed by atoms with van der Waals surface area (Å²) in [5.74, 6) is -0.723. The van der Waals surface area contributed by atoms with Crippen LogP contribution in [0.5, 0.6) is 0 Å². The van der Waals surface area contributed by atoms with Crippen LogP contribution in [0.15, 0.2) is 0 Å². The van der Waals surface area contributed by atoms with E-state index in [1.165, 1.54) is 38.5 Å². The Morgan fingerprint density at radius 3 is 2.38 bits per heavy atom. The van der Waals surface area contributed by atoms with Crippen LogP contribution in [0, 0.1) is 0 Å². The topological polar surface area (TPSA) is 58.6 Å². The molecule has 1 unspecified atom stereocenters. The fourth-order valence-electron chi connectivity index (χ4n) is 3.16. The maximum atomic E-state index is 11.4. The molecule has 4 heteroatoms. The van der Waals surface area contributed by atoms with Crippen LogP contribution in [0.2, 0.25) is 0 Å². The first-order chi connectivity index (χ1) is 10.1. The van der Waals surface area contributed by atoms with Crippen molar-refractivity contribution in [1.29, 1.82) is 0 Å². The lowest BCUT2D eigenvalue weighted by molar-refractivity contribution is -0.144.